The number of Topliss-reactive ketones (excluding diaryl/α,β-unsaturated/α-hetero) is 1. The average Bonchev–Trinajstić information content (AvgIpc) is 3.00. The summed E-state index contributed by atoms with van der Waals surface area (Å²) in [4.78, 5) is 18.8. The fourth-order valence-corrected chi connectivity index (χ4v) is 5.13. The average molecular weight is 441 g/mol. The number of aliphatic imine (C=N–C) groups is 1. The van der Waals surface area contributed by atoms with Gasteiger partial charge in [0, 0.05) is 12.1 Å². The van der Waals surface area contributed by atoms with Gasteiger partial charge in [0.05, 0.1) is 37.6 Å². The summed E-state index contributed by atoms with van der Waals surface area (Å²) in [5, 5.41) is 3.66. The van der Waals surface area contributed by atoms with Crippen LogP contribution in [0.2, 0.25) is 0 Å². The second kappa shape index (κ2) is 8.74. The molecule has 1 fully saturated rings. The first-order chi connectivity index (χ1) is 16.1. The van der Waals surface area contributed by atoms with Crippen molar-refractivity contribution < 1.29 is 14.3 Å². The number of ether oxygens (including phenoxy) is 2. The first kappa shape index (κ1) is 21.3. The molecule has 168 valence electrons. The zero-order valence-corrected chi connectivity index (χ0v) is 19.2. The molecule has 1 N–H and O–H groups in total. The minimum absolute atomic E-state index is 0.0510. The van der Waals surface area contributed by atoms with Crippen LogP contribution in [0.5, 0.6) is 11.5 Å². The van der Waals surface area contributed by atoms with Crippen LogP contribution in [0.25, 0.3) is 0 Å². The van der Waals surface area contributed by atoms with Crippen molar-refractivity contribution in [3.05, 3.63) is 83.4 Å². The van der Waals surface area contributed by atoms with Crippen LogP contribution in [0.4, 0.5) is 11.4 Å². The molecule has 3 aromatic carbocycles. The maximum absolute atomic E-state index is 13.7. The summed E-state index contributed by atoms with van der Waals surface area (Å²) in [6.07, 6.45) is 1.20. The topological polar surface area (TPSA) is 59.9 Å². The molecule has 1 heterocycles. The highest BCUT2D eigenvalue weighted by Gasteiger charge is 2.42. The molecule has 3 aromatic rings. The molecule has 3 atom stereocenters. The number of carbonyl (C=O) groups is 1. The highest BCUT2D eigenvalue weighted by molar-refractivity contribution is 6.11. The zero-order chi connectivity index (χ0) is 22.9. The molecule has 5 nitrogen and oxygen atoms in total. The van der Waals surface area contributed by atoms with Crippen LogP contribution in [0, 0.1) is 12.8 Å². The smallest absolute Gasteiger partial charge is 0.160 e. The maximum atomic E-state index is 13.7. The van der Waals surface area contributed by atoms with E-state index in [2.05, 4.69) is 24.4 Å². The van der Waals surface area contributed by atoms with E-state index < -0.39 is 0 Å². The second-order valence-electron chi connectivity index (χ2n) is 8.76. The first-order valence-corrected chi connectivity index (χ1v) is 11.3. The summed E-state index contributed by atoms with van der Waals surface area (Å²) in [5.74, 6) is 1.33. The zero-order valence-electron chi connectivity index (χ0n) is 19.2. The number of rotatable bonds is 4. The van der Waals surface area contributed by atoms with Crippen molar-refractivity contribution in [1.82, 2.24) is 0 Å². The number of hydrogen-bond donors (Lipinski definition) is 1. The number of hydrogen-bond acceptors (Lipinski definition) is 5. The van der Waals surface area contributed by atoms with E-state index in [4.69, 9.17) is 14.5 Å². The molecule has 0 aromatic heterocycles. The quantitative estimate of drug-likeness (QED) is 0.539. The lowest BCUT2D eigenvalue weighted by molar-refractivity contribution is -0.122. The van der Waals surface area contributed by atoms with Crippen LogP contribution >= 0.6 is 0 Å². The summed E-state index contributed by atoms with van der Waals surface area (Å²) in [5.41, 5.74) is 6.17. The van der Waals surface area contributed by atoms with E-state index >= 15 is 0 Å². The van der Waals surface area contributed by atoms with Gasteiger partial charge in [0.15, 0.2) is 11.5 Å². The number of ketones is 1. The van der Waals surface area contributed by atoms with Gasteiger partial charge in [0.1, 0.15) is 5.78 Å². The Labute approximate surface area is 194 Å². The number of anilines is 1. The SMILES string of the molecule is COc1ccc(C2CC(=O)C3C(=Nc4ccccc4NC3c3ccccc3C)C2)cc1OC. The van der Waals surface area contributed by atoms with Crippen molar-refractivity contribution in [3.63, 3.8) is 0 Å². The highest BCUT2D eigenvalue weighted by Crippen LogP contribution is 2.45. The van der Waals surface area contributed by atoms with Gasteiger partial charge in [-0.05, 0) is 60.2 Å². The minimum atomic E-state index is -0.296. The van der Waals surface area contributed by atoms with Crippen LogP contribution in [0.1, 0.15) is 41.5 Å². The summed E-state index contributed by atoms with van der Waals surface area (Å²) in [6.45, 7) is 2.10. The monoisotopic (exact) mass is 440 g/mol. The van der Waals surface area contributed by atoms with E-state index in [1.807, 2.05) is 54.6 Å². The summed E-state index contributed by atoms with van der Waals surface area (Å²) < 4.78 is 10.9. The van der Waals surface area contributed by atoms with Gasteiger partial charge in [0.2, 0.25) is 0 Å². The summed E-state index contributed by atoms with van der Waals surface area (Å²) in [6, 6.07) is 22.1. The lowest BCUT2D eigenvalue weighted by Gasteiger charge is -2.34. The first-order valence-electron chi connectivity index (χ1n) is 11.3. The number of carbonyl (C=O) groups excluding carboxylic acids is 1. The van der Waals surface area contributed by atoms with Gasteiger partial charge in [-0.2, -0.15) is 0 Å². The Balaban J connectivity index is 1.58. The summed E-state index contributed by atoms with van der Waals surface area (Å²) in [7, 11) is 3.26. The van der Waals surface area contributed by atoms with Crippen LogP contribution in [-0.2, 0) is 4.79 Å². The van der Waals surface area contributed by atoms with E-state index in [0.717, 1.165) is 34.6 Å². The van der Waals surface area contributed by atoms with Crippen molar-refractivity contribution in [2.24, 2.45) is 10.9 Å². The Morgan fingerprint density at radius 3 is 2.45 bits per heavy atom. The Bertz CT molecular complexity index is 1230. The van der Waals surface area contributed by atoms with Crippen molar-refractivity contribution in [2.45, 2.75) is 31.7 Å². The molecule has 0 spiro atoms. The van der Waals surface area contributed by atoms with Gasteiger partial charge < -0.3 is 14.8 Å². The van der Waals surface area contributed by atoms with Crippen LogP contribution in [0.15, 0.2) is 71.7 Å². The molecule has 0 bridgehead atoms. The number of fused-ring (bicyclic) bond motifs is 2. The molecule has 5 rings (SSSR count). The minimum Gasteiger partial charge on any atom is -0.493 e. The molecule has 0 amide bonds. The Morgan fingerprint density at radius 2 is 1.67 bits per heavy atom. The molecular formula is C28H28N2O3. The van der Waals surface area contributed by atoms with Gasteiger partial charge in [-0.25, -0.2) is 0 Å². The maximum Gasteiger partial charge on any atom is 0.160 e. The van der Waals surface area contributed by atoms with E-state index in [1.54, 1.807) is 14.2 Å². The van der Waals surface area contributed by atoms with Gasteiger partial charge >= 0.3 is 0 Å². The fraction of sp³-hybridized carbons (Fsp3) is 0.286. The molecule has 1 aliphatic heterocycles. The highest BCUT2D eigenvalue weighted by atomic mass is 16.5. The van der Waals surface area contributed by atoms with Crippen molar-refractivity contribution in [2.75, 3.05) is 19.5 Å². The Kier molecular flexibility index (Phi) is 5.63. The van der Waals surface area contributed by atoms with Crippen molar-refractivity contribution in [3.8, 4) is 11.5 Å². The second-order valence-corrected chi connectivity index (χ2v) is 8.76. The van der Waals surface area contributed by atoms with Crippen molar-refractivity contribution in [1.29, 1.82) is 0 Å². The molecule has 3 unspecified atom stereocenters. The lowest BCUT2D eigenvalue weighted by atomic mass is 9.72. The standard InChI is InChI=1S/C28H28N2O3/c1-17-8-4-5-9-20(17)28-27-23(29-21-10-6-7-11-22(21)30-28)14-19(15-24(27)31)18-12-13-25(32-2)26(16-18)33-3/h4-13,16,19,27-28,30H,14-15H2,1-3H3. The van der Waals surface area contributed by atoms with Crippen LogP contribution in [0.3, 0.4) is 0 Å². The molecule has 0 saturated heterocycles. The van der Waals surface area contributed by atoms with E-state index in [9.17, 15) is 4.79 Å². The fourth-order valence-electron chi connectivity index (χ4n) is 5.13. The van der Waals surface area contributed by atoms with Crippen LogP contribution in [-0.4, -0.2) is 25.7 Å². The number of para-hydroxylation sites is 2. The predicted molar refractivity (Wildman–Crippen MR) is 131 cm³/mol. The molecule has 33 heavy (non-hydrogen) atoms. The number of benzene rings is 3. The third-order valence-electron chi connectivity index (χ3n) is 6.82. The molecule has 1 saturated carbocycles. The predicted octanol–water partition coefficient (Wildman–Crippen LogP) is 6.01. The van der Waals surface area contributed by atoms with Gasteiger partial charge in [-0.15, -0.1) is 0 Å². The third-order valence-corrected chi connectivity index (χ3v) is 6.82. The van der Waals surface area contributed by atoms with Crippen LogP contribution < -0.4 is 14.8 Å². The number of methoxy groups -OCH3 is 2. The lowest BCUT2D eigenvalue weighted by Crippen LogP contribution is -2.39. The molecular weight excluding hydrogens is 412 g/mol. The Hall–Kier alpha value is -3.60. The van der Waals surface area contributed by atoms with E-state index in [-0.39, 0.29) is 23.7 Å². The number of nitrogens with one attached hydrogen (secondary N) is 1. The molecule has 5 heteroatoms. The van der Waals surface area contributed by atoms with E-state index in [1.165, 1.54) is 5.56 Å². The molecule has 2 aliphatic rings. The largest absolute Gasteiger partial charge is 0.493 e. The normalized spacial score (nSPS) is 21.7. The van der Waals surface area contributed by atoms with Gasteiger partial charge in [-0.3, -0.25) is 9.79 Å². The third kappa shape index (κ3) is 3.88. The molecule has 0 radical (unpaired) electrons. The van der Waals surface area contributed by atoms with Gasteiger partial charge in [-0.1, -0.05) is 42.5 Å². The van der Waals surface area contributed by atoms with Crippen molar-refractivity contribution >= 4 is 22.9 Å². The Morgan fingerprint density at radius 1 is 0.909 bits per heavy atom. The molecule has 1 aliphatic carbocycles. The van der Waals surface area contributed by atoms with E-state index in [0.29, 0.717) is 17.9 Å². The number of aryl methyl sites for hydroxylation is 1. The van der Waals surface area contributed by atoms with Gasteiger partial charge in [0.25, 0.3) is 0 Å². The summed E-state index contributed by atoms with van der Waals surface area (Å²) >= 11 is 0. The number of nitrogens with zero attached hydrogens (tertiary/aromatic N) is 1.